The zero-order chi connectivity index (χ0) is 12.8. The van der Waals surface area contributed by atoms with Crippen molar-refractivity contribution in [2.45, 2.75) is 32.5 Å². The van der Waals surface area contributed by atoms with Crippen molar-refractivity contribution in [1.29, 1.82) is 0 Å². The van der Waals surface area contributed by atoms with Gasteiger partial charge in [-0.2, -0.15) is 0 Å². The molecule has 0 aliphatic rings. The molecule has 0 aliphatic heterocycles. The summed E-state index contributed by atoms with van der Waals surface area (Å²) in [4.78, 5) is 6.17. The standard InChI is InChI=1S/C13H23N3O/c1-10(2)13(14)12(9-17)16(3)8-11-5-4-6-15-7-11/h4-7,10,12-13,17H,8-9,14H2,1-3H3. The van der Waals surface area contributed by atoms with Gasteiger partial charge in [0.2, 0.25) is 0 Å². The lowest BCUT2D eigenvalue weighted by atomic mass is 9.96. The van der Waals surface area contributed by atoms with E-state index < -0.39 is 0 Å². The number of hydrogen-bond acceptors (Lipinski definition) is 4. The number of aliphatic hydroxyl groups excluding tert-OH is 1. The third kappa shape index (κ3) is 4.07. The summed E-state index contributed by atoms with van der Waals surface area (Å²) in [7, 11) is 1.98. The summed E-state index contributed by atoms with van der Waals surface area (Å²) >= 11 is 0. The maximum atomic E-state index is 9.46. The number of nitrogens with two attached hydrogens (primary N) is 1. The maximum Gasteiger partial charge on any atom is 0.0602 e. The number of nitrogens with zero attached hydrogens (tertiary/aromatic N) is 2. The van der Waals surface area contributed by atoms with Gasteiger partial charge in [-0.25, -0.2) is 0 Å². The van der Waals surface area contributed by atoms with Crippen molar-refractivity contribution in [1.82, 2.24) is 9.88 Å². The monoisotopic (exact) mass is 237 g/mol. The molecule has 3 N–H and O–H groups in total. The van der Waals surface area contributed by atoms with E-state index in [1.807, 2.05) is 25.4 Å². The van der Waals surface area contributed by atoms with E-state index in [0.717, 1.165) is 12.1 Å². The van der Waals surface area contributed by atoms with E-state index in [-0.39, 0.29) is 18.7 Å². The molecular weight excluding hydrogens is 214 g/mol. The molecular formula is C13H23N3O. The molecule has 0 radical (unpaired) electrons. The van der Waals surface area contributed by atoms with Gasteiger partial charge >= 0.3 is 0 Å². The van der Waals surface area contributed by atoms with Gasteiger partial charge in [-0.15, -0.1) is 0 Å². The Morgan fingerprint density at radius 2 is 2.18 bits per heavy atom. The normalized spacial score (nSPS) is 15.2. The van der Waals surface area contributed by atoms with Crippen LogP contribution in [0.1, 0.15) is 19.4 Å². The molecule has 17 heavy (non-hydrogen) atoms. The highest BCUT2D eigenvalue weighted by Crippen LogP contribution is 2.12. The average molecular weight is 237 g/mol. The molecule has 4 nitrogen and oxygen atoms in total. The highest BCUT2D eigenvalue weighted by atomic mass is 16.3. The summed E-state index contributed by atoms with van der Waals surface area (Å²) in [5.74, 6) is 0.350. The highest BCUT2D eigenvalue weighted by molar-refractivity contribution is 5.08. The fourth-order valence-electron chi connectivity index (χ4n) is 1.90. The van der Waals surface area contributed by atoms with Gasteiger partial charge in [-0.05, 0) is 24.6 Å². The Kier molecular flexibility index (Phi) is 5.55. The molecule has 1 aromatic rings. The van der Waals surface area contributed by atoms with Crippen LogP contribution in [0.15, 0.2) is 24.5 Å². The van der Waals surface area contributed by atoms with Crippen LogP contribution >= 0.6 is 0 Å². The Morgan fingerprint density at radius 1 is 1.47 bits per heavy atom. The fraction of sp³-hybridized carbons (Fsp3) is 0.615. The first-order valence-corrected chi connectivity index (χ1v) is 6.01. The maximum absolute atomic E-state index is 9.46. The summed E-state index contributed by atoms with van der Waals surface area (Å²) < 4.78 is 0. The lowest BCUT2D eigenvalue weighted by Crippen LogP contribution is -2.50. The fourth-order valence-corrected chi connectivity index (χ4v) is 1.90. The van der Waals surface area contributed by atoms with E-state index in [0.29, 0.717) is 5.92 Å². The van der Waals surface area contributed by atoms with E-state index in [1.54, 1.807) is 6.20 Å². The number of likely N-dealkylation sites (N-methyl/N-ethyl adjacent to an activating group) is 1. The summed E-state index contributed by atoms with van der Waals surface area (Å²) in [5.41, 5.74) is 7.24. The first-order chi connectivity index (χ1) is 8.06. The van der Waals surface area contributed by atoms with Crippen LogP contribution in [0.25, 0.3) is 0 Å². The molecule has 1 aromatic heterocycles. The molecule has 0 saturated carbocycles. The summed E-state index contributed by atoms with van der Waals surface area (Å²) in [6.45, 7) is 4.98. The van der Waals surface area contributed by atoms with Crippen LogP contribution in [0.2, 0.25) is 0 Å². The van der Waals surface area contributed by atoms with Gasteiger partial charge in [-0.3, -0.25) is 9.88 Å². The lowest BCUT2D eigenvalue weighted by molar-refractivity contribution is 0.107. The van der Waals surface area contributed by atoms with Gasteiger partial charge in [0.15, 0.2) is 0 Å². The molecule has 1 heterocycles. The van der Waals surface area contributed by atoms with Crippen molar-refractivity contribution >= 4 is 0 Å². The van der Waals surface area contributed by atoms with Crippen molar-refractivity contribution in [3.63, 3.8) is 0 Å². The molecule has 0 saturated heterocycles. The molecule has 0 aromatic carbocycles. The van der Waals surface area contributed by atoms with Crippen molar-refractivity contribution < 1.29 is 5.11 Å². The number of pyridine rings is 1. The van der Waals surface area contributed by atoms with Crippen molar-refractivity contribution in [2.24, 2.45) is 11.7 Å². The molecule has 1 rings (SSSR count). The van der Waals surface area contributed by atoms with Gasteiger partial charge < -0.3 is 10.8 Å². The Labute approximate surface area is 103 Å². The minimum Gasteiger partial charge on any atom is -0.395 e. The lowest BCUT2D eigenvalue weighted by Gasteiger charge is -2.33. The molecule has 0 aliphatic carbocycles. The van der Waals surface area contributed by atoms with E-state index >= 15 is 0 Å². The SMILES string of the molecule is CC(C)C(N)C(CO)N(C)Cc1cccnc1. The van der Waals surface area contributed by atoms with Gasteiger partial charge in [-0.1, -0.05) is 19.9 Å². The molecule has 0 amide bonds. The van der Waals surface area contributed by atoms with Gasteiger partial charge in [0, 0.05) is 31.0 Å². The predicted molar refractivity (Wildman–Crippen MR) is 69.4 cm³/mol. The number of aliphatic hydroxyl groups is 1. The molecule has 0 spiro atoms. The second-order valence-electron chi connectivity index (χ2n) is 4.85. The largest absolute Gasteiger partial charge is 0.395 e. The Balaban J connectivity index is 2.64. The van der Waals surface area contributed by atoms with Gasteiger partial charge in [0.25, 0.3) is 0 Å². The molecule has 0 bridgehead atoms. The van der Waals surface area contributed by atoms with Crippen LogP contribution in [-0.2, 0) is 6.54 Å². The minimum absolute atomic E-state index is 0.0183. The second-order valence-corrected chi connectivity index (χ2v) is 4.85. The minimum atomic E-state index is -0.0262. The first kappa shape index (κ1) is 14.1. The van der Waals surface area contributed by atoms with Crippen LogP contribution in [0.5, 0.6) is 0 Å². The third-order valence-corrected chi connectivity index (χ3v) is 3.12. The predicted octanol–water partition coefficient (Wildman–Crippen LogP) is 0.858. The van der Waals surface area contributed by atoms with E-state index in [1.165, 1.54) is 0 Å². The zero-order valence-corrected chi connectivity index (χ0v) is 10.9. The molecule has 4 heteroatoms. The highest BCUT2D eigenvalue weighted by Gasteiger charge is 2.23. The second kappa shape index (κ2) is 6.69. The van der Waals surface area contributed by atoms with Crippen LogP contribution in [0.4, 0.5) is 0 Å². The molecule has 96 valence electrons. The number of aromatic nitrogens is 1. The van der Waals surface area contributed by atoms with E-state index in [2.05, 4.69) is 23.7 Å². The van der Waals surface area contributed by atoms with Crippen LogP contribution < -0.4 is 5.73 Å². The van der Waals surface area contributed by atoms with Crippen LogP contribution in [0.3, 0.4) is 0 Å². The topological polar surface area (TPSA) is 62.4 Å². The Hall–Kier alpha value is -0.970. The van der Waals surface area contributed by atoms with E-state index in [4.69, 9.17) is 5.73 Å². The van der Waals surface area contributed by atoms with Crippen molar-refractivity contribution in [3.8, 4) is 0 Å². The third-order valence-electron chi connectivity index (χ3n) is 3.12. The zero-order valence-electron chi connectivity index (χ0n) is 10.9. The van der Waals surface area contributed by atoms with E-state index in [9.17, 15) is 5.11 Å². The molecule has 0 fully saturated rings. The number of rotatable bonds is 6. The Morgan fingerprint density at radius 3 is 2.65 bits per heavy atom. The Bertz CT molecular complexity index is 316. The van der Waals surface area contributed by atoms with Crippen LogP contribution in [0, 0.1) is 5.92 Å². The number of hydrogen-bond donors (Lipinski definition) is 2. The first-order valence-electron chi connectivity index (χ1n) is 6.01. The van der Waals surface area contributed by atoms with Gasteiger partial charge in [0.05, 0.1) is 6.61 Å². The van der Waals surface area contributed by atoms with Crippen molar-refractivity contribution in [3.05, 3.63) is 30.1 Å². The van der Waals surface area contributed by atoms with Crippen LogP contribution in [-0.4, -0.2) is 40.7 Å². The summed E-state index contributed by atoms with van der Waals surface area (Å²) in [6, 6.07) is 3.90. The summed E-state index contributed by atoms with van der Waals surface area (Å²) in [5, 5.41) is 9.46. The van der Waals surface area contributed by atoms with Crippen molar-refractivity contribution in [2.75, 3.05) is 13.7 Å². The smallest absolute Gasteiger partial charge is 0.0602 e. The van der Waals surface area contributed by atoms with Gasteiger partial charge in [0.1, 0.15) is 0 Å². The summed E-state index contributed by atoms with van der Waals surface area (Å²) in [6.07, 6.45) is 3.60. The quantitative estimate of drug-likeness (QED) is 0.770. The average Bonchev–Trinajstić information content (AvgIpc) is 2.30. The molecule has 2 unspecified atom stereocenters. The molecule has 2 atom stereocenters.